The van der Waals surface area contributed by atoms with Crippen molar-refractivity contribution in [1.82, 2.24) is 4.90 Å². The lowest BCUT2D eigenvalue weighted by Gasteiger charge is -2.25. The summed E-state index contributed by atoms with van der Waals surface area (Å²) >= 11 is 0. The SMILES string of the molecule is [B]CCC[C@H]1CN(C(=O)[C@@H](C)[C@@H](C)O)C[C@@]1(N)C(=O)O. The molecule has 4 N–H and O–H groups in total. The lowest BCUT2D eigenvalue weighted by Crippen LogP contribution is -2.55. The Hall–Kier alpha value is -1.08. The molecular formula is C13H23BN2O4. The number of aliphatic hydroxyl groups excluding tert-OH is 1. The first kappa shape index (κ1) is 17.0. The van der Waals surface area contributed by atoms with E-state index in [1.807, 2.05) is 0 Å². The van der Waals surface area contributed by atoms with E-state index in [1.54, 1.807) is 6.92 Å². The van der Waals surface area contributed by atoms with Crippen molar-refractivity contribution in [3.63, 3.8) is 0 Å². The van der Waals surface area contributed by atoms with Gasteiger partial charge in [-0.05, 0) is 13.3 Å². The van der Waals surface area contributed by atoms with Crippen molar-refractivity contribution in [2.75, 3.05) is 13.1 Å². The molecule has 1 amide bonds. The fraction of sp³-hybridized carbons (Fsp3) is 0.846. The van der Waals surface area contributed by atoms with Gasteiger partial charge in [-0.1, -0.05) is 19.7 Å². The predicted octanol–water partition coefficient (Wildman–Crippen LogP) is -0.389. The summed E-state index contributed by atoms with van der Waals surface area (Å²) in [6, 6.07) is 0. The van der Waals surface area contributed by atoms with Gasteiger partial charge >= 0.3 is 5.97 Å². The zero-order chi connectivity index (χ0) is 15.5. The molecule has 0 bridgehead atoms. The lowest BCUT2D eigenvalue weighted by molar-refractivity contribution is -0.144. The van der Waals surface area contributed by atoms with Crippen LogP contribution in [-0.2, 0) is 9.59 Å². The van der Waals surface area contributed by atoms with E-state index in [-0.39, 0.29) is 18.4 Å². The monoisotopic (exact) mass is 282 g/mol. The summed E-state index contributed by atoms with van der Waals surface area (Å²) in [4.78, 5) is 25.1. The fourth-order valence-electron chi connectivity index (χ4n) is 2.56. The van der Waals surface area contributed by atoms with E-state index in [1.165, 1.54) is 11.8 Å². The molecule has 2 radical (unpaired) electrons. The summed E-state index contributed by atoms with van der Waals surface area (Å²) in [5.41, 5.74) is 4.57. The average Bonchev–Trinajstić information content (AvgIpc) is 2.73. The summed E-state index contributed by atoms with van der Waals surface area (Å²) in [6.45, 7) is 3.45. The minimum absolute atomic E-state index is 0.0204. The van der Waals surface area contributed by atoms with Gasteiger partial charge in [-0.15, -0.1) is 0 Å². The van der Waals surface area contributed by atoms with Crippen LogP contribution in [0.2, 0.25) is 6.32 Å². The van der Waals surface area contributed by atoms with E-state index in [9.17, 15) is 19.8 Å². The Labute approximate surface area is 120 Å². The van der Waals surface area contributed by atoms with E-state index in [2.05, 4.69) is 0 Å². The van der Waals surface area contributed by atoms with Crippen LogP contribution in [-0.4, -0.2) is 59.6 Å². The highest BCUT2D eigenvalue weighted by molar-refractivity contribution is 6.08. The molecule has 6 nitrogen and oxygen atoms in total. The number of hydrogen-bond donors (Lipinski definition) is 3. The van der Waals surface area contributed by atoms with Gasteiger partial charge in [-0.3, -0.25) is 9.59 Å². The van der Waals surface area contributed by atoms with Crippen molar-refractivity contribution in [2.24, 2.45) is 17.6 Å². The molecule has 4 atom stereocenters. The molecule has 1 aliphatic rings. The van der Waals surface area contributed by atoms with Crippen LogP contribution >= 0.6 is 0 Å². The van der Waals surface area contributed by atoms with Gasteiger partial charge in [0.2, 0.25) is 5.91 Å². The number of carbonyl (C=O) groups is 2. The summed E-state index contributed by atoms with van der Waals surface area (Å²) in [7, 11) is 5.45. The van der Waals surface area contributed by atoms with E-state index < -0.39 is 23.5 Å². The first-order valence-electron chi connectivity index (χ1n) is 6.93. The fourth-order valence-corrected chi connectivity index (χ4v) is 2.56. The molecular weight excluding hydrogens is 259 g/mol. The largest absolute Gasteiger partial charge is 0.480 e. The Morgan fingerprint density at radius 2 is 2.10 bits per heavy atom. The summed E-state index contributed by atoms with van der Waals surface area (Å²) < 4.78 is 0. The molecule has 112 valence electrons. The van der Waals surface area contributed by atoms with Gasteiger partial charge < -0.3 is 20.8 Å². The molecule has 1 aliphatic heterocycles. The van der Waals surface area contributed by atoms with Crippen molar-refractivity contribution in [3.8, 4) is 0 Å². The van der Waals surface area contributed by atoms with Crippen LogP contribution in [0.5, 0.6) is 0 Å². The van der Waals surface area contributed by atoms with Crippen molar-refractivity contribution in [1.29, 1.82) is 0 Å². The van der Waals surface area contributed by atoms with Gasteiger partial charge in [-0.2, -0.15) is 0 Å². The van der Waals surface area contributed by atoms with Crippen LogP contribution in [0.25, 0.3) is 0 Å². The summed E-state index contributed by atoms with van der Waals surface area (Å²) in [6.07, 6.45) is 0.934. The normalized spacial score (nSPS) is 29.2. The van der Waals surface area contributed by atoms with Crippen molar-refractivity contribution >= 4 is 19.7 Å². The molecule has 1 rings (SSSR count). The molecule has 20 heavy (non-hydrogen) atoms. The second-order valence-electron chi connectivity index (χ2n) is 5.72. The number of amides is 1. The number of aliphatic hydroxyl groups is 1. The van der Waals surface area contributed by atoms with Gasteiger partial charge in [0.25, 0.3) is 0 Å². The van der Waals surface area contributed by atoms with Crippen LogP contribution in [0.1, 0.15) is 26.7 Å². The lowest BCUT2D eigenvalue weighted by atomic mass is 9.83. The molecule has 0 aromatic heterocycles. The minimum atomic E-state index is -1.43. The Balaban J connectivity index is 2.84. The number of carbonyl (C=O) groups excluding carboxylic acids is 1. The average molecular weight is 282 g/mol. The smallest absolute Gasteiger partial charge is 0.325 e. The van der Waals surface area contributed by atoms with Crippen LogP contribution in [0, 0.1) is 11.8 Å². The first-order valence-corrected chi connectivity index (χ1v) is 6.93. The summed E-state index contributed by atoms with van der Waals surface area (Å²) in [5, 5.41) is 18.8. The van der Waals surface area contributed by atoms with E-state index >= 15 is 0 Å². The number of hydrogen-bond acceptors (Lipinski definition) is 4. The number of rotatable bonds is 6. The van der Waals surface area contributed by atoms with Gasteiger partial charge in [0.05, 0.1) is 19.9 Å². The maximum Gasteiger partial charge on any atom is 0.325 e. The first-order chi connectivity index (χ1) is 9.24. The Kier molecular flexibility index (Phi) is 5.59. The van der Waals surface area contributed by atoms with Crippen LogP contribution in [0.3, 0.4) is 0 Å². The van der Waals surface area contributed by atoms with Gasteiger partial charge in [0.1, 0.15) is 5.54 Å². The molecule has 0 aliphatic carbocycles. The number of aliphatic carboxylic acids is 1. The predicted molar refractivity (Wildman–Crippen MR) is 75.3 cm³/mol. The number of carboxylic acids is 1. The Bertz CT molecular complexity index is 377. The van der Waals surface area contributed by atoms with Crippen LogP contribution in [0.15, 0.2) is 0 Å². The molecule has 1 saturated heterocycles. The molecule has 0 aromatic rings. The molecule has 0 saturated carbocycles. The zero-order valence-corrected chi connectivity index (χ0v) is 12.1. The van der Waals surface area contributed by atoms with Gasteiger partial charge in [0, 0.05) is 19.0 Å². The third-order valence-corrected chi connectivity index (χ3v) is 4.20. The topological polar surface area (TPSA) is 104 Å². The van der Waals surface area contributed by atoms with Crippen molar-refractivity contribution in [3.05, 3.63) is 0 Å². The van der Waals surface area contributed by atoms with Gasteiger partial charge in [0.15, 0.2) is 0 Å². The molecule has 0 spiro atoms. The Morgan fingerprint density at radius 3 is 2.55 bits per heavy atom. The third-order valence-electron chi connectivity index (χ3n) is 4.20. The van der Waals surface area contributed by atoms with Crippen LogP contribution in [0.4, 0.5) is 0 Å². The van der Waals surface area contributed by atoms with Crippen molar-refractivity contribution < 1.29 is 19.8 Å². The minimum Gasteiger partial charge on any atom is -0.480 e. The second-order valence-corrected chi connectivity index (χ2v) is 5.72. The van der Waals surface area contributed by atoms with E-state index in [4.69, 9.17) is 13.6 Å². The standard InChI is InChI=1S/C13H23BN2O4/c1-8(9(2)17)11(18)16-6-10(4-3-5-14)13(15,7-16)12(19)20/h8-10,17H,3-7,15H2,1-2H3,(H,19,20)/t8-,9+,10-,13-/m0/s1. The van der Waals surface area contributed by atoms with E-state index in [0.29, 0.717) is 25.7 Å². The maximum atomic E-state index is 12.2. The zero-order valence-electron chi connectivity index (χ0n) is 12.1. The van der Waals surface area contributed by atoms with Gasteiger partial charge in [-0.25, -0.2) is 0 Å². The second kappa shape index (κ2) is 6.58. The third kappa shape index (κ3) is 3.33. The Morgan fingerprint density at radius 1 is 1.50 bits per heavy atom. The van der Waals surface area contributed by atoms with E-state index in [0.717, 1.165) is 0 Å². The quantitative estimate of drug-likeness (QED) is 0.576. The molecule has 1 heterocycles. The maximum absolute atomic E-state index is 12.2. The molecule has 0 unspecified atom stereocenters. The number of carboxylic acid groups (broad SMARTS) is 1. The summed E-state index contributed by atoms with van der Waals surface area (Å²) in [5.74, 6) is -2.24. The van der Waals surface area contributed by atoms with Crippen LogP contribution < -0.4 is 5.73 Å². The molecule has 1 fully saturated rings. The highest BCUT2D eigenvalue weighted by Gasteiger charge is 2.50. The number of likely N-dealkylation sites (tertiary alicyclic amines) is 1. The number of nitrogens with two attached hydrogens (primary N) is 1. The molecule has 7 heteroatoms. The van der Waals surface area contributed by atoms with Crippen molar-refractivity contribution in [2.45, 2.75) is 44.7 Å². The highest BCUT2D eigenvalue weighted by Crippen LogP contribution is 2.31. The number of nitrogens with zero attached hydrogens (tertiary/aromatic N) is 1. The highest BCUT2D eigenvalue weighted by atomic mass is 16.4. The molecule has 0 aromatic carbocycles.